The number of benzene rings is 3. The second kappa shape index (κ2) is 15.4. The van der Waals surface area contributed by atoms with Crippen molar-refractivity contribution >= 4 is 62.5 Å². The van der Waals surface area contributed by atoms with Crippen LogP contribution in [0.25, 0.3) is 0 Å². The molecule has 8 nitrogen and oxygen atoms in total. The number of carbonyl (C=O) groups is 2. The zero-order valence-corrected chi connectivity index (χ0v) is 28.9. The summed E-state index contributed by atoms with van der Waals surface area (Å²) in [6.07, 6.45) is 2.17. The Morgan fingerprint density at radius 2 is 1.66 bits per heavy atom. The van der Waals surface area contributed by atoms with Gasteiger partial charge in [0.15, 0.2) is 0 Å². The zero-order valence-electron chi connectivity index (χ0n) is 25.8. The van der Waals surface area contributed by atoms with E-state index >= 15 is 0 Å². The first-order valence-corrected chi connectivity index (χ1v) is 17.6. The molecule has 2 amide bonds. The Kier molecular flexibility index (Phi) is 12.4. The quantitative estimate of drug-likeness (QED) is 0.195. The molecule has 0 bridgehead atoms. The van der Waals surface area contributed by atoms with Crippen molar-refractivity contribution in [2.24, 2.45) is 0 Å². The maximum atomic E-state index is 14.4. The number of sulfonamides is 1. The SMILES string of the molecule is CCOc1ccccc1N(CC(=O)N(Cc1ccc(Cl)cc1Cl)C(CC)C(=O)NC(C)(C)C)S(=O)(=O)c1ccc(SC)cc1. The fourth-order valence-electron chi connectivity index (χ4n) is 4.53. The van der Waals surface area contributed by atoms with Crippen LogP contribution in [0.4, 0.5) is 5.69 Å². The van der Waals surface area contributed by atoms with Crippen molar-refractivity contribution in [2.75, 3.05) is 23.7 Å². The summed E-state index contributed by atoms with van der Waals surface area (Å²) >= 11 is 14.1. The average Bonchev–Trinajstić information content (AvgIpc) is 2.96. The number of anilines is 1. The molecule has 44 heavy (non-hydrogen) atoms. The highest BCUT2D eigenvalue weighted by molar-refractivity contribution is 7.98. The number of hydrogen-bond acceptors (Lipinski definition) is 6. The average molecular weight is 681 g/mol. The largest absolute Gasteiger partial charge is 0.492 e. The summed E-state index contributed by atoms with van der Waals surface area (Å²) in [5.41, 5.74) is 0.197. The van der Waals surface area contributed by atoms with E-state index in [1.807, 2.05) is 27.0 Å². The molecule has 3 rings (SSSR count). The predicted molar refractivity (Wildman–Crippen MR) is 179 cm³/mol. The van der Waals surface area contributed by atoms with Crippen LogP contribution in [-0.2, 0) is 26.2 Å². The highest BCUT2D eigenvalue weighted by Crippen LogP contribution is 2.34. The van der Waals surface area contributed by atoms with Gasteiger partial charge in [0.05, 0.1) is 17.2 Å². The first-order valence-electron chi connectivity index (χ1n) is 14.2. The second-order valence-electron chi connectivity index (χ2n) is 11.0. The van der Waals surface area contributed by atoms with E-state index in [0.29, 0.717) is 21.4 Å². The Morgan fingerprint density at radius 1 is 1.00 bits per heavy atom. The Morgan fingerprint density at radius 3 is 2.23 bits per heavy atom. The van der Waals surface area contributed by atoms with Gasteiger partial charge in [-0.15, -0.1) is 11.8 Å². The van der Waals surface area contributed by atoms with Gasteiger partial charge in [-0.2, -0.15) is 0 Å². The summed E-state index contributed by atoms with van der Waals surface area (Å²) in [7, 11) is -4.26. The molecule has 0 saturated heterocycles. The molecule has 0 aliphatic rings. The van der Waals surface area contributed by atoms with Crippen molar-refractivity contribution in [3.63, 3.8) is 0 Å². The predicted octanol–water partition coefficient (Wildman–Crippen LogP) is 7.03. The fraction of sp³-hybridized carbons (Fsp3) is 0.375. The number of carbonyl (C=O) groups excluding carboxylic acids is 2. The van der Waals surface area contributed by atoms with Crippen molar-refractivity contribution in [3.8, 4) is 5.75 Å². The van der Waals surface area contributed by atoms with Crippen LogP contribution in [-0.4, -0.2) is 56.1 Å². The molecule has 1 atom stereocenters. The van der Waals surface area contributed by atoms with Gasteiger partial charge in [0.1, 0.15) is 18.3 Å². The number of rotatable bonds is 13. The number of amides is 2. The number of para-hydroxylation sites is 2. The molecular formula is C32H39Cl2N3O5S2. The molecule has 3 aromatic rings. The lowest BCUT2D eigenvalue weighted by Gasteiger charge is -2.35. The molecule has 3 aromatic carbocycles. The van der Waals surface area contributed by atoms with E-state index < -0.39 is 34.1 Å². The lowest BCUT2D eigenvalue weighted by molar-refractivity contribution is -0.141. The normalized spacial score (nSPS) is 12.4. The van der Waals surface area contributed by atoms with Gasteiger partial charge in [0, 0.05) is 27.0 Å². The summed E-state index contributed by atoms with van der Waals surface area (Å²) in [6.45, 7) is 8.77. The monoisotopic (exact) mass is 679 g/mol. The van der Waals surface area contributed by atoms with E-state index in [0.717, 1.165) is 9.20 Å². The van der Waals surface area contributed by atoms with Crippen molar-refractivity contribution in [1.82, 2.24) is 10.2 Å². The molecule has 0 saturated carbocycles. The minimum Gasteiger partial charge on any atom is -0.492 e. The van der Waals surface area contributed by atoms with Crippen LogP contribution in [0.3, 0.4) is 0 Å². The third-order valence-electron chi connectivity index (χ3n) is 6.60. The van der Waals surface area contributed by atoms with Gasteiger partial charge in [0.25, 0.3) is 10.0 Å². The third kappa shape index (κ3) is 9.06. The number of nitrogens with zero attached hydrogens (tertiary/aromatic N) is 2. The highest BCUT2D eigenvalue weighted by atomic mass is 35.5. The Bertz CT molecular complexity index is 1560. The standard InChI is InChI=1S/C32H39Cl2N3O5S2/c1-7-27(31(39)35-32(3,4)5)36(20-22-13-14-23(33)19-26(22)34)30(38)21-37(28-11-9-10-12-29(28)42-8-2)44(40,41)25-17-15-24(43-6)16-18-25/h9-19,27H,7-8,20-21H2,1-6H3,(H,35,39). The van der Waals surface area contributed by atoms with E-state index in [-0.39, 0.29) is 36.1 Å². The van der Waals surface area contributed by atoms with Gasteiger partial charge in [0.2, 0.25) is 11.8 Å². The molecule has 0 heterocycles. The van der Waals surface area contributed by atoms with Crippen molar-refractivity contribution in [2.45, 2.75) is 69.0 Å². The maximum Gasteiger partial charge on any atom is 0.264 e. The summed E-state index contributed by atoms with van der Waals surface area (Å²) < 4.78 is 35.3. The minimum absolute atomic E-state index is 0.0132. The first-order chi connectivity index (χ1) is 20.7. The highest BCUT2D eigenvalue weighted by Gasteiger charge is 2.35. The van der Waals surface area contributed by atoms with Crippen LogP contribution in [0.2, 0.25) is 10.0 Å². The molecule has 0 spiro atoms. The fourth-order valence-corrected chi connectivity index (χ4v) is 6.84. The van der Waals surface area contributed by atoms with Gasteiger partial charge in [-0.05, 0) is 94.5 Å². The van der Waals surface area contributed by atoms with Crippen molar-refractivity contribution in [3.05, 3.63) is 82.3 Å². The maximum absolute atomic E-state index is 14.4. The van der Waals surface area contributed by atoms with Crippen LogP contribution in [0.15, 0.2) is 76.5 Å². The van der Waals surface area contributed by atoms with Gasteiger partial charge in [-0.25, -0.2) is 8.42 Å². The molecule has 1 unspecified atom stereocenters. The number of thioether (sulfide) groups is 1. The summed E-state index contributed by atoms with van der Waals surface area (Å²) in [4.78, 5) is 30.2. The second-order valence-corrected chi connectivity index (χ2v) is 14.6. The summed E-state index contributed by atoms with van der Waals surface area (Å²) in [6, 6.07) is 17.1. The first kappa shape index (κ1) is 35.6. The Labute approximate surface area is 275 Å². The van der Waals surface area contributed by atoms with Gasteiger partial charge >= 0.3 is 0 Å². The molecule has 0 aliphatic carbocycles. The van der Waals surface area contributed by atoms with E-state index in [2.05, 4.69) is 5.32 Å². The molecule has 238 valence electrons. The van der Waals surface area contributed by atoms with Crippen molar-refractivity contribution in [1.29, 1.82) is 0 Å². The molecule has 0 aromatic heterocycles. The number of nitrogens with one attached hydrogen (secondary N) is 1. The Hall–Kier alpha value is -2.92. The molecule has 1 N–H and O–H groups in total. The van der Waals surface area contributed by atoms with Crippen LogP contribution in [0.1, 0.15) is 46.6 Å². The van der Waals surface area contributed by atoms with Crippen LogP contribution >= 0.6 is 35.0 Å². The molecular weight excluding hydrogens is 641 g/mol. The Balaban J connectivity index is 2.15. The number of hydrogen-bond donors (Lipinski definition) is 1. The van der Waals surface area contributed by atoms with Gasteiger partial charge < -0.3 is 15.0 Å². The zero-order chi connectivity index (χ0) is 32.7. The van der Waals surface area contributed by atoms with Crippen LogP contribution < -0.4 is 14.4 Å². The lowest BCUT2D eigenvalue weighted by Crippen LogP contribution is -2.55. The summed E-state index contributed by atoms with van der Waals surface area (Å²) in [5.74, 6) is -0.658. The van der Waals surface area contributed by atoms with E-state index in [1.54, 1.807) is 68.4 Å². The molecule has 0 fully saturated rings. The van der Waals surface area contributed by atoms with E-state index in [9.17, 15) is 18.0 Å². The molecule has 12 heteroatoms. The number of ether oxygens (including phenoxy) is 1. The lowest BCUT2D eigenvalue weighted by atomic mass is 10.1. The third-order valence-corrected chi connectivity index (χ3v) is 9.70. The summed E-state index contributed by atoms with van der Waals surface area (Å²) in [5, 5.41) is 3.70. The number of halogens is 2. The minimum atomic E-state index is -4.26. The smallest absolute Gasteiger partial charge is 0.264 e. The van der Waals surface area contributed by atoms with E-state index in [4.69, 9.17) is 27.9 Å². The van der Waals surface area contributed by atoms with Gasteiger partial charge in [-0.1, -0.05) is 48.3 Å². The molecule has 0 aliphatic heterocycles. The van der Waals surface area contributed by atoms with E-state index in [1.165, 1.54) is 28.8 Å². The van der Waals surface area contributed by atoms with Crippen molar-refractivity contribution < 1.29 is 22.7 Å². The topological polar surface area (TPSA) is 96.0 Å². The van der Waals surface area contributed by atoms with Crippen LogP contribution in [0.5, 0.6) is 5.75 Å². The molecule has 0 radical (unpaired) electrons. The van der Waals surface area contributed by atoms with Crippen LogP contribution in [0, 0.1) is 0 Å². The van der Waals surface area contributed by atoms with Gasteiger partial charge in [-0.3, -0.25) is 13.9 Å².